The molecule has 0 aromatic carbocycles. The van der Waals surface area contributed by atoms with Crippen LogP contribution in [0.1, 0.15) is 40.5 Å². The van der Waals surface area contributed by atoms with Crippen molar-refractivity contribution in [2.45, 2.75) is 40.5 Å². The van der Waals surface area contributed by atoms with Crippen LogP contribution in [0.2, 0.25) is 0 Å². The number of rotatable bonds is 2. The van der Waals surface area contributed by atoms with E-state index < -0.39 is 0 Å². The molecule has 0 aromatic heterocycles. The Kier molecular flexibility index (Phi) is 1.89. The van der Waals surface area contributed by atoms with E-state index in [0.717, 1.165) is 5.92 Å². The van der Waals surface area contributed by atoms with Crippen molar-refractivity contribution in [2.24, 2.45) is 11.3 Å². The minimum absolute atomic E-state index is 0.554. The third-order valence-electron chi connectivity index (χ3n) is 2.15. The van der Waals surface area contributed by atoms with Gasteiger partial charge in [0.15, 0.2) is 0 Å². The van der Waals surface area contributed by atoms with Crippen molar-refractivity contribution in [2.75, 3.05) is 0 Å². The standard InChI is InChI=1S/C10H18/c1-8(2)5-10(4)6-9(3)7-10/h6,8H,5,7H2,1-4H3. The second kappa shape index (κ2) is 2.41. The first kappa shape index (κ1) is 7.84. The average Bonchev–Trinajstić information content (AvgIpc) is 1.57. The predicted molar refractivity (Wildman–Crippen MR) is 45.9 cm³/mol. The van der Waals surface area contributed by atoms with Gasteiger partial charge in [-0.25, -0.2) is 0 Å². The molecule has 0 saturated heterocycles. The van der Waals surface area contributed by atoms with Gasteiger partial charge in [-0.2, -0.15) is 0 Å². The first-order chi connectivity index (χ1) is 4.52. The molecule has 1 aliphatic rings. The Morgan fingerprint density at radius 3 is 2.40 bits per heavy atom. The molecule has 0 aromatic rings. The van der Waals surface area contributed by atoms with E-state index >= 15 is 0 Å². The van der Waals surface area contributed by atoms with Gasteiger partial charge in [-0.3, -0.25) is 0 Å². The van der Waals surface area contributed by atoms with Gasteiger partial charge in [0.1, 0.15) is 0 Å². The molecule has 1 unspecified atom stereocenters. The maximum atomic E-state index is 2.42. The van der Waals surface area contributed by atoms with Gasteiger partial charge in [0.25, 0.3) is 0 Å². The summed E-state index contributed by atoms with van der Waals surface area (Å²) in [4.78, 5) is 0. The maximum Gasteiger partial charge on any atom is -0.0105 e. The molecule has 1 rings (SSSR count). The highest BCUT2D eigenvalue weighted by atomic mass is 14.3. The second-order valence-electron chi connectivity index (χ2n) is 4.42. The Bertz CT molecular complexity index is 153. The van der Waals surface area contributed by atoms with Gasteiger partial charge in [0.2, 0.25) is 0 Å². The normalized spacial score (nSPS) is 31.9. The zero-order valence-electron chi connectivity index (χ0n) is 7.57. The van der Waals surface area contributed by atoms with Crippen molar-refractivity contribution in [1.82, 2.24) is 0 Å². The van der Waals surface area contributed by atoms with Crippen LogP contribution in [0.15, 0.2) is 11.6 Å². The van der Waals surface area contributed by atoms with Crippen LogP contribution in [0.3, 0.4) is 0 Å². The van der Waals surface area contributed by atoms with Crippen LogP contribution < -0.4 is 0 Å². The summed E-state index contributed by atoms with van der Waals surface area (Å²) in [6.07, 6.45) is 5.10. The van der Waals surface area contributed by atoms with Gasteiger partial charge in [-0.1, -0.05) is 32.4 Å². The van der Waals surface area contributed by atoms with E-state index in [9.17, 15) is 0 Å². The number of allylic oxidation sites excluding steroid dienone is 2. The molecule has 0 radical (unpaired) electrons. The highest BCUT2D eigenvalue weighted by Crippen LogP contribution is 2.42. The third-order valence-corrected chi connectivity index (χ3v) is 2.15. The molecule has 0 saturated carbocycles. The lowest BCUT2D eigenvalue weighted by molar-refractivity contribution is 0.295. The fourth-order valence-electron chi connectivity index (χ4n) is 2.27. The second-order valence-corrected chi connectivity index (χ2v) is 4.42. The highest BCUT2D eigenvalue weighted by Gasteiger charge is 2.29. The van der Waals surface area contributed by atoms with Gasteiger partial charge in [-0.15, -0.1) is 0 Å². The van der Waals surface area contributed by atoms with E-state index in [1.54, 1.807) is 5.57 Å². The van der Waals surface area contributed by atoms with Crippen LogP contribution in [0.4, 0.5) is 0 Å². The Morgan fingerprint density at radius 2 is 2.10 bits per heavy atom. The molecule has 0 nitrogen and oxygen atoms in total. The van der Waals surface area contributed by atoms with Crippen LogP contribution in [-0.2, 0) is 0 Å². The van der Waals surface area contributed by atoms with Crippen LogP contribution in [0.25, 0.3) is 0 Å². The Balaban J connectivity index is 2.43. The summed E-state index contributed by atoms with van der Waals surface area (Å²) in [5.41, 5.74) is 2.13. The van der Waals surface area contributed by atoms with Crippen molar-refractivity contribution in [3.05, 3.63) is 11.6 Å². The SMILES string of the molecule is CC1=CC(C)(CC(C)C)C1. The van der Waals surface area contributed by atoms with Gasteiger partial charge in [0.05, 0.1) is 0 Å². The lowest BCUT2D eigenvalue weighted by Crippen LogP contribution is -2.24. The molecule has 10 heavy (non-hydrogen) atoms. The minimum atomic E-state index is 0.554. The highest BCUT2D eigenvalue weighted by molar-refractivity contribution is 5.20. The summed E-state index contributed by atoms with van der Waals surface area (Å²) < 4.78 is 0. The topological polar surface area (TPSA) is 0 Å². The van der Waals surface area contributed by atoms with Crippen LogP contribution in [-0.4, -0.2) is 0 Å². The summed E-state index contributed by atoms with van der Waals surface area (Å²) >= 11 is 0. The minimum Gasteiger partial charge on any atom is -0.0793 e. The first-order valence-corrected chi connectivity index (χ1v) is 4.20. The third kappa shape index (κ3) is 1.62. The molecular formula is C10H18. The molecule has 0 heterocycles. The molecule has 1 aliphatic carbocycles. The number of hydrogen-bond acceptors (Lipinski definition) is 0. The monoisotopic (exact) mass is 138 g/mol. The van der Waals surface area contributed by atoms with Gasteiger partial charge in [0, 0.05) is 0 Å². The van der Waals surface area contributed by atoms with Gasteiger partial charge in [-0.05, 0) is 31.1 Å². The molecule has 0 fully saturated rings. The summed E-state index contributed by atoms with van der Waals surface area (Å²) in [5, 5.41) is 0. The van der Waals surface area contributed by atoms with Crippen molar-refractivity contribution in [3.8, 4) is 0 Å². The predicted octanol–water partition coefficient (Wildman–Crippen LogP) is 3.39. The Labute approximate surface area is 64.3 Å². The summed E-state index contributed by atoms with van der Waals surface area (Å²) in [5.74, 6) is 0.842. The Morgan fingerprint density at radius 1 is 1.60 bits per heavy atom. The van der Waals surface area contributed by atoms with E-state index in [1.807, 2.05) is 0 Å². The smallest absolute Gasteiger partial charge is 0.0105 e. The molecule has 58 valence electrons. The van der Waals surface area contributed by atoms with E-state index in [2.05, 4.69) is 33.8 Å². The molecule has 0 heteroatoms. The zero-order valence-corrected chi connectivity index (χ0v) is 7.57. The summed E-state index contributed by atoms with van der Waals surface area (Å²) in [7, 11) is 0. The molecule has 0 spiro atoms. The van der Waals surface area contributed by atoms with Crippen LogP contribution >= 0.6 is 0 Å². The molecule has 1 atom stereocenters. The molecule has 0 bridgehead atoms. The lowest BCUT2D eigenvalue weighted by Gasteiger charge is -2.36. The largest absolute Gasteiger partial charge is 0.0793 e. The fourth-order valence-corrected chi connectivity index (χ4v) is 2.27. The average molecular weight is 138 g/mol. The molecule has 0 amide bonds. The van der Waals surface area contributed by atoms with Crippen molar-refractivity contribution >= 4 is 0 Å². The van der Waals surface area contributed by atoms with Gasteiger partial charge < -0.3 is 0 Å². The van der Waals surface area contributed by atoms with Crippen LogP contribution in [0, 0.1) is 11.3 Å². The molecule has 0 aliphatic heterocycles. The van der Waals surface area contributed by atoms with Gasteiger partial charge >= 0.3 is 0 Å². The number of hydrogen-bond donors (Lipinski definition) is 0. The quantitative estimate of drug-likeness (QED) is 0.513. The van der Waals surface area contributed by atoms with E-state index in [-0.39, 0.29) is 0 Å². The van der Waals surface area contributed by atoms with Crippen LogP contribution in [0.5, 0.6) is 0 Å². The molecular weight excluding hydrogens is 120 g/mol. The fraction of sp³-hybridized carbons (Fsp3) is 0.800. The van der Waals surface area contributed by atoms with Crippen molar-refractivity contribution in [3.63, 3.8) is 0 Å². The summed E-state index contributed by atoms with van der Waals surface area (Å²) in [6.45, 7) is 9.18. The van der Waals surface area contributed by atoms with E-state index in [4.69, 9.17) is 0 Å². The maximum absolute atomic E-state index is 2.42. The Hall–Kier alpha value is -0.260. The van der Waals surface area contributed by atoms with E-state index in [0.29, 0.717) is 5.41 Å². The van der Waals surface area contributed by atoms with E-state index in [1.165, 1.54) is 12.8 Å². The lowest BCUT2D eigenvalue weighted by atomic mass is 9.69. The van der Waals surface area contributed by atoms with Crippen molar-refractivity contribution < 1.29 is 0 Å². The summed E-state index contributed by atoms with van der Waals surface area (Å²) in [6, 6.07) is 0. The first-order valence-electron chi connectivity index (χ1n) is 4.20. The van der Waals surface area contributed by atoms with Crippen molar-refractivity contribution in [1.29, 1.82) is 0 Å². The molecule has 0 N–H and O–H groups in total. The zero-order chi connectivity index (χ0) is 7.78.